The van der Waals surface area contributed by atoms with Gasteiger partial charge in [0.1, 0.15) is 5.92 Å². The van der Waals surface area contributed by atoms with E-state index in [1.165, 1.54) is 0 Å². The van der Waals surface area contributed by atoms with Crippen molar-refractivity contribution in [1.82, 2.24) is 4.90 Å². The first-order valence-electron chi connectivity index (χ1n) is 12.6. The number of fused-ring (bicyclic) bond motifs is 1. The van der Waals surface area contributed by atoms with Crippen molar-refractivity contribution in [3.63, 3.8) is 0 Å². The van der Waals surface area contributed by atoms with Crippen molar-refractivity contribution in [1.29, 1.82) is 0 Å². The second-order valence-corrected chi connectivity index (χ2v) is 9.30. The van der Waals surface area contributed by atoms with Crippen LogP contribution in [-0.4, -0.2) is 62.2 Å². The SMILES string of the molecule is CCOC(=O)c1ccc2c(c1)NC(=O)C2C(=Nc1ccc(N(CCN(C)C)C(C)=O)cc1)c1ccccc1. The van der Waals surface area contributed by atoms with Gasteiger partial charge in [-0.25, -0.2) is 4.79 Å². The summed E-state index contributed by atoms with van der Waals surface area (Å²) in [6, 6.07) is 22.1. The number of ether oxygens (including phenoxy) is 1. The number of benzene rings is 3. The first-order valence-corrected chi connectivity index (χ1v) is 12.6. The maximum absolute atomic E-state index is 13.2. The van der Waals surface area contributed by atoms with Crippen LogP contribution in [0.3, 0.4) is 0 Å². The Morgan fingerprint density at radius 2 is 1.66 bits per heavy atom. The highest BCUT2D eigenvalue weighted by Gasteiger charge is 2.36. The van der Waals surface area contributed by atoms with Crippen LogP contribution >= 0.6 is 0 Å². The Morgan fingerprint density at radius 1 is 0.947 bits per heavy atom. The van der Waals surface area contributed by atoms with E-state index in [0.29, 0.717) is 29.2 Å². The summed E-state index contributed by atoms with van der Waals surface area (Å²) in [5.41, 5.74) is 4.55. The van der Waals surface area contributed by atoms with Gasteiger partial charge in [-0.2, -0.15) is 0 Å². The zero-order valence-electron chi connectivity index (χ0n) is 22.1. The van der Waals surface area contributed by atoms with Crippen LogP contribution in [0.15, 0.2) is 77.8 Å². The molecule has 1 unspecified atom stereocenters. The van der Waals surface area contributed by atoms with Crippen LogP contribution in [0.2, 0.25) is 0 Å². The molecule has 8 nitrogen and oxygen atoms in total. The lowest BCUT2D eigenvalue weighted by Crippen LogP contribution is -2.35. The minimum absolute atomic E-state index is 0.0329. The van der Waals surface area contributed by atoms with Gasteiger partial charge >= 0.3 is 5.97 Å². The number of likely N-dealkylation sites (N-methyl/N-ethyl adjacent to an activating group) is 1. The zero-order valence-corrected chi connectivity index (χ0v) is 22.1. The number of anilines is 2. The van der Waals surface area contributed by atoms with Gasteiger partial charge in [0.15, 0.2) is 0 Å². The van der Waals surface area contributed by atoms with E-state index in [-0.39, 0.29) is 18.4 Å². The summed E-state index contributed by atoms with van der Waals surface area (Å²) in [5.74, 6) is -1.34. The molecule has 0 saturated heterocycles. The first-order chi connectivity index (χ1) is 18.3. The molecule has 0 fully saturated rings. The molecule has 0 aromatic heterocycles. The van der Waals surface area contributed by atoms with E-state index in [1.807, 2.05) is 73.6 Å². The Labute approximate surface area is 222 Å². The second-order valence-electron chi connectivity index (χ2n) is 9.30. The predicted molar refractivity (Wildman–Crippen MR) is 149 cm³/mol. The molecule has 0 radical (unpaired) electrons. The van der Waals surface area contributed by atoms with Crippen LogP contribution in [0.5, 0.6) is 0 Å². The average molecular weight is 513 g/mol. The van der Waals surface area contributed by atoms with E-state index in [2.05, 4.69) is 5.32 Å². The molecule has 1 heterocycles. The predicted octanol–water partition coefficient (Wildman–Crippen LogP) is 4.63. The molecule has 38 heavy (non-hydrogen) atoms. The maximum Gasteiger partial charge on any atom is 0.338 e. The third-order valence-electron chi connectivity index (χ3n) is 6.30. The molecule has 0 spiro atoms. The molecule has 3 aromatic rings. The summed E-state index contributed by atoms with van der Waals surface area (Å²) in [5, 5.41) is 2.90. The Bertz CT molecular complexity index is 1350. The topological polar surface area (TPSA) is 91.3 Å². The number of amides is 2. The van der Waals surface area contributed by atoms with Crippen molar-refractivity contribution in [3.8, 4) is 0 Å². The average Bonchev–Trinajstić information content (AvgIpc) is 3.23. The van der Waals surface area contributed by atoms with Gasteiger partial charge in [-0.3, -0.25) is 14.6 Å². The molecule has 3 aromatic carbocycles. The number of aliphatic imine (C=N–C) groups is 1. The normalized spacial score (nSPS) is 14.7. The number of rotatable bonds is 9. The Balaban J connectivity index is 1.71. The molecule has 8 heteroatoms. The molecule has 0 saturated carbocycles. The van der Waals surface area contributed by atoms with E-state index < -0.39 is 11.9 Å². The van der Waals surface area contributed by atoms with Crippen molar-refractivity contribution in [3.05, 3.63) is 89.5 Å². The molecule has 2 amide bonds. The van der Waals surface area contributed by atoms with Crippen LogP contribution < -0.4 is 10.2 Å². The summed E-state index contributed by atoms with van der Waals surface area (Å²) in [7, 11) is 3.94. The second kappa shape index (κ2) is 11.8. The summed E-state index contributed by atoms with van der Waals surface area (Å²) < 4.78 is 5.10. The Hall–Kier alpha value is -4.30. The first kappa shape index (κ1) is 26.8. The van der Waals surface area contributed by atoms with Gasteiger partial charge in [-0.05, 0) is 68.5 Å². The zero-order chi connectivity index (χ0) is 27.2. The number of nitrogens with one attached hydrogen (secondary N) is 1. The molecule has 1 N–H and O–H groups in total. The number of esters is 1. The third kappa shape index (κ3) is 5.98. The maximum atomic E-state index is 13.2. The highest BCUT2D eigenvalue weighted by Crippen LogP contribution is 2.37. The van der Waals surface area contributed by atoms with E-state index >= 15 is 0 Å². The standard InChI is InChI=1S/C30H32N4O4/c1-5-38-30(37)22-11-16-25-26(19-22)32-29(36)27(25)28(21-9-7-6-8-10-21)31-23-12-14-24(15-13-23)34(20(2)35)18-17-33(3)4/h6-16,19,27H,5,17-18H2,1-4H3,(H,32,36). The number of hydrogen-bond acceptors (Lipinski definition) is 6. The molecule has 1 aliphatic rings. The lowest BCUT2D eigenvalue weighted by Gasteiger charge is -2.23. The fraction of sp³-hybridized carbons (Fsp3) is 0.267. The summed E-state index contributed by atoms with van der Waals surface area (Å²) in [6.07, 6.45) is 0. The van der Waals surface area contributed by atoms with Crippen molar-refractivity contribution < 1.29 is 19.1 Å². The number of carbonyl (C=O) groups excluding carboxylic acids is 3. The summed E-state index contributed by atoms with van der Waals surface area (Å²) in [6.45, 7) is 4.89. The van der Waals surface area contributed by atoms with Crippen LogP contribution in [0.4, 0.5) is 17.1 Å². The van der Waals surface area contributed by atoms with Gasteiger partial charge in [0.05, 0.1) is 23.6 Å². The van der Waals surface area contributed by atoms with Gasteiger partial charge in [0, 0.05) is 31.4 Å². The molecule has 196 valence electrons. The Kier molecular flexibility index (Phi) is 8.33. The van der Waals surface area contributed by atoms with Gasteiger partial charge in [-0.15, -0.1) is 0 Å². The summed E-state index contributed by atoms with van der Waals surface area (Å²) >= 11 is 0. The van der Waals surface area contributed by atoms with E-state index in [0.717, 1.165) is 23.4 Å². The largest absolute Gasteiger partial charge is 0.462 e. The highest BCUT2D eigenvalue weighted by atomic mass is 16.5. The van der Waals surface area contributed by atoms with Crippen molar-refractivity contribution >= 4 is 40.6 Å². The number of nitrogens with zero attached hydrogens (tertiary/aromatic N) is 3. The smallest absolute Gasteiger partial charge is 0.338 e. The van der Waals surface area contributed by atoms with Gasteiger partial charge < -0.3 is 19.9 Å². The fourth-order valence-electron chi connectivity index (χ4n) is 4.39. The molecular formula is C30H32N4O4. The minimum atomic E-state index is -0.655. The molecule has 1 atom stereocenters. The number of hydrogen-bond donors (Lipinski definition) is 1. The third-order valence-corrected chi connectivity index (χ3v) is 6.30. The van der Waals surface area contributed by atoms with Crippen molar-refractivity contribution in [2.45, 2.75) is 19.8 Å². The van der Waals surface area contributed by atoms with Crippen molar-refractivity contribution in [2.75, 3.05) is 44.0 Å². The van der Waals surface area contributed by atoms with E-state index in [4.69, 9.17) is 9.73 Å². The summed E-state index contributed by atoms with van der Waals surface area (Å²) in [4.78, 5) is 46.4. The molecular weight excluding hydrogens is 480 g/mol. The lowest BCUT2D eigenvalue weighted by molar-refractivity contribution is -0.117. The minimum Gasteiger partial charge on any atom is -0.462 e. The van der Waals surface area contributed by atoms with Crippen molar-refractivity contribution in [2.24, 2.45) is 4.99 Å². The van der Waals surface area contributed by atoms with Crippen LogP contribution in [0, 0.1) is 0 Å². The van der Waals surface area contributed by atoms with Crippen LogP contribution in [0.1, 0.15) is 41.3 Å². The molecule has 1 aliphatic heterocycles. The molecule has 4 rings (SSSR count). The van der Waals surface area contributed by atoms with Gasteiger partial charge in [-0.1, -0.05) is 36.4 Å². The van der Waals surface area contributed by atoms with Crippen LogP contribution in [0.25, 0.3) is 0 Å². The Morgan fingerprint density at radius 3 is 2.29 bits per heavy atom. The monoisotopic (exact) mass is 512 g/mol. The molecule has 0 bridgehead atoms. The fourth-order valence-corrected chi connectivity index (χ4v) is 4.39. The van der Waals surface area contributed by atoms with Crippen LogP contribution in [-0.2, 0) is 14.3 Å². The van der Waals surface area contributed by atoms with E-state index in [1.54, 1.807) is 36.9 Å². The van der Waals surface area contributed by atoms with Gasteiger partial charge in [0.25, 0.3) is 0 Å². The number of carbonyl (C=O) groups is 3. The highest BCUT2D eigenvalue weighted by molar-refractivity contribution is 6.24. The quantitative estimate of drug-likeness (QED) is 0.333. The van der Waals surface area contributed by atoms with Gasteiger partial charge in [0.2, 0.25) is 11.8 Å². The van der Waals surface area contributed by atoms with E-state index in [9.17, 15) is 14.4 Å². The lowest BCUT2D eigenvalue weighted by atomic mass is 9.90. The molecule has 0 aliphatic carbocycles.